The first-order valence-corrected chi connectivity index (χ1v) is 10.2. The summed E-state index contributed by atoms with van der Waals surface area (Å²) >= 11 is 0. The molecule has 1 amide bonds. The maximum atomic E-state index is 12.5. The van der Waals surface area contributed by atoms with Gasteiger partial charge >= 0.3 is 0 Å². The summed E-state index contributed by atoms with van der Waals surface area (Å²) in [5.41, 5.74) is 4.10. The van der Waals surface area contributed by atoms with Crippen molar-refractivity contribution < 1.29 is 9.32 Å². The van der Waals surface area contributed by atoms with E-state index in [4.69, 9.17) is 4.52 Å². The lowest BCUT2D eigenvalue weighted by atomic mass is 10.1. The Labute approximate surface area is 179 Å². The number of H-pyrrole nitrogens is 1. The summed E-state index contributed by atoms with van der Waals surface area (Å²) in [6.45, 7) is 5.94. The molecule has 0 radical (unpaired) electrons. The van der Waals surface area contributed by atoms with Crippen LogP contribution in [-0.4, -0.2) is 21.0 Å². The second-order valence-electron chi connectivity index (χ2n) is 7.81. The summed E-state index contributed by atoms with van der Waals surface area (Å²) in [5.74, 6) is 0.426. The second kappa shape index (κ2) is 8.55. The summed E-state index contributed by atoms with van der Waals surface area (Å²) < 4.78 is 5.26. The van der Waals surface area contributed by atoms with E-state index in [0.717, 1.165) is 22.0 Å². The van der Waals surface area contributed by atoms with Crippen molar-refractivity contribution in [2.45, 2.75) is 39.7 Å². The first-order chi connectivity index (χ1) is 14.9. The molecule has 0 aliphatic rings. The van der Waals surface area contributed by atoms with E-state index in [1.807, 2.05) is 63.2 Å². The SMILES string of the molecule is Cc1ccc([C@H](C)NC(=O)CCc2nc(-c3cc4ccc(C)cc4[nH]c3=O)no2)cc1. The van der Waals surface area contributed by atoms with E-state index in [1.54, 1.807) is 6.07 Å². The van der Waals surface area contributed by atoms with Gasteiger partial charge in [-0.05, 0) is 49.4 Å². The highest BCUT2D eigenvalue weighted by molar-refractivity contribution is 5.82. The number of carbonyl (C=O) groups excluding carboxylic acids is 1. The average Bonchev–Trinajstić information content (AvgIpc) is 3.21. The van der Waals surface area contributed by atoms with Crippen LogP contribution in [0, 0.1) is 13.8 Å². The molecule has 0 saturated carbocycles. The van der Waals surface area contributed by atoms with E-state index in [-0.39, 0.29) is 29.8 Å². The van der Waals surface area contributed by atoms with Crippen LogP contribution in [0.4, 0.5) is 0 Å². The molecule has 0 bridgehead atoms. The molecular weight excluding hydrogens is 392 g/mol. The number of hydrogen-bond donors (Lipinski definition) is 2. The van der Waals surface area contributed by atoms with Gasteiger partial charge in [0.15, 0.2) is 0 Å². The van der Waals surface area contributed by atoms with Gasteiger partial charge in [0.2, 0.25) is 17.6 Å². The standard InChI is InChI=1S/C24H24N4O3/c1-14-4-7-17(8-5-14)16(3)25-21(29)10-11-22-27-23(28-31-22)19-13-18-9-6-15(2)12-20(18)26-24(19)30/h4-9,12-13,16H,10-11H2,1-3H3,(H,25,29)(H,26,30)/t16-/m0/s1. The molecule has 0 spiro atoms. The normalized spacial score (nSPS) is 12.1. The van der Waals surface area contributed by atoms with Crippen LogP contribution in [0.5, 0.6) is 0 Å². The van der Waals surface area contributed by atoms with Crippen molar-refractivity contribution in [2.75, 3.05) is 0 Å². The number of pyridine rings is 1. The Bertz CT molecular complexity index is 1290. The number of amides is 1. The van der Waals surface area contributed by atoms with Crippen molar-refractivity contribution in [3.05, 3.63) is 81.5 Å². The molecule has 2 aromatic heterocycles. The monoisotopic (exact) mass is 416 g/mol. The predicted molar refractivity (Wildman–Crippen MR) is 119 cm³/mol. The molecule has 2 heterocycles. The van der Waals surface area contributed by atoms with Crippen LogP contribution in [0.25, 0.3) is 22.3 Å². The fraction of sp³-hybridized carbons (Fsp3) is 0.250. The Morgan fingerprint density at radius 2 is 1.84 bits per heavy atom. The highest BCUT2D eigenvalue weighted by atomic mass is 16.5. The summed E-state index contributed by atoms with van der Waals surface area (Å²) in [4.78, 5) is 31.9. The smallest absolute Gasteiger partial charge is 0.259 e. The quantitative estimate of drug-likeness (QED) is 0.495. The third-order valence-corrected chi connectivity index (χ3v) is 5.23. The van der Waals surface area contributed by atoms with Crippen LogP contribution < -0.4 is 10.9 Å². The molecule has 0 aliphatic carbocycles. The lowest BCUT2D eigenvalue weighted by Gasteiger charge is -2.14. The molecule has 0 fully saturated rings. The van der Waals surface area contributed by atoms with E-state index in [1.165, 1.54) is 5.56 Å². The number of nitrogens with one attached hydrogen (secondary N) is 2. The van der Waals surface area contributed by atoms with Gasteiger partial charge in [0.25, 0.3) is 5.56 Å². The van der Waals surface area contributed by atoms with Gasteiger partial charge in [0, 0.05) is 18.4 Å². The van der Waals surface area contributed by atoms with Crippen LogP contribution in [0.15, 0.2) is 57.8 Å². The van der Waals surface area contributed by atoms with Crippen LogP contribution in [-0.2, 0) is 11.2 Å². The Morgan fingerprint density at radius 3 is 2.61 bits per heavy atom. The van der Waals surface area contributed by atoms with Crippen LogP contribution >= 0.6 is 0 Å². The fourth-order valence-corrected chi connectivity index (χ4v) is 3.42. The third kappa shape index (κ3) is 4.71. The van der Waals surface area contributed by atoms with Gasteiger partial charge in [-0.25, -0.2) is 0 Å². The minimum Gasteiger partial charge on any atom is -0.350 e. The summed E-state index contributed by atoms with van der Waals surface area (Å²) in [6.07, 6.45) is 0.509. The second-order valence-corrected chi connectivity index (χ2v) is 7.81. The number of aromatic nitrogens is 3. The molecule has 1 atom stereocenters. The highest BCUT2D eigenvalue weighted by Crippen LogP contribution is 2.19. The summed E-state index contributed by atoms with van der Waals surface area (Å²) in [6, 6.07) is 15.5. The molecule has 0 saturated heterocycles. The predicted octanol–water partition coefficient (Wildman–Crippen LogP) is 4.00. The number of aromatic amines is 1. The van der Waals surface area contributed by atoms with Crippen molar-refractivity contribution in [3.63, 3.8) is 0 Å². The number of hydrogen-bond acceptors (Lipinski definition) is 5. The molecule has 7 heteroatoms. The van der Waals surface area contributed by atoms with Gasteiger partial charge in [-0.2, -0.15) is 4.98 Å². The number of aryl methyl sites for hydroxylation is 3. The lowest BCUT2D eigenvalue weighted by Crippen LogP contribution is -2.26. The molecule has 31 heavy (non-hydrogen) atoms. The third-order valence-electron chi connectivity index (χ3n) is 5.23. The Balaban J connectivity index is 1.41. The van der Waals surface area contributed by atoms with Crippen molar-refractivity contribution in [2.24, 2.45) is 0 Å². The van der Waals surface area contributed by atoms with Crippen molar-refractivity contribution in [3.8, 4) is 11.4 Å². The van der Waals surface area contributed by atoms with Gasteiger partial charge < -0.3 is 14.8 Å². The van der Waals surface area contributed by atoms with Gasteiger partial charge in [-0.15, -0.1) is 0 Å². The number of nitrogens with zero attached hydrogens (tertiary/aromatic N) is 2. The zero-order valence-electron chi connectivity index (χ0n) is 17.7. The van der Waals surface area contributed by atoms with E-state index >= 15 is 0 Å². The van der Waals surface area contributed by atoms with E-state index in [2.05, 4.69) is 20.4 Å². The lowest BCUT2D eigenvalue weighted by molar-refractivity contribution is -0.121. The first kappa shape index (κ1) is 20.5. The summed E-state index contributed by atoms with van der Waals surface area (Å²) in [7, 11) is 0. The molecule has 4 aromatic rings. The maximum Gasteiger partial charge on any atom is 0.259 e. The Hall–Kier alpha value is -3.74. The molecule has 0 aliphatic heterocycles. The van der Waals surface area contributed by atoms with E-state index in [0.29, 0.717) is 17.9 Å². The van der Waals surface area contributed by atoms with Gasteiger partial charge in [0.05, 0.1) is 11.6 Å². The summed E-state index contributed by atoms with van der Waals surface area (Å²) in [5, 5.41) is 7.79. The fourth-order valence-electron chi connectivity index (χ4n) is 3.42. The number of fused-ring (bicyclic) bond motifs is 1. The molecular formula is C24H24N4O3. The number of carbonyl (C=O) groups is 1. The minimum absolute atomic E-state index is 0.0915. The zero-order valence-corrected chi connectivity index (χ0v) is 17.7. The van der Waals surface area contributed by atoms with Gasteiger partial charge in [-0.3, -0.25) is 9.59 Å². The Kier molecular flexibility index (Phi) is 5.66. The molecule has 158 valence electrons. The highest BCUT2D eigenvalue weighted by Gasteiger charge is 2.15. The van der Waals surface area contributed by atoms with Crippen molar-refractivity contribution in [1.82, 2.24) is 20.4 Å². The maximum absolute atomic E-state index is 12.5. The zero-order chi connectivity index (χ0) is 22.0. The van der Waals surface area contributed by atoms with Crippen LogP contribution in [0.1, 0.15) is 42.0 Å². The van der Waals surface area contributed by atoms with E-state index in [9.17, 15) is 9.59 Å². The first-order valence-electron chi connectivity index (χ1n) is 10.2. The minimum atomic E-state index is -0.282. The molecule has 0 unspecified atom stereocenters. The molecule has 2 N–H and O–H groups in total. The van der Waals surface area contributed by atoms with Crippen LogP contribution in [0.2, 0.25) is 0 Å². The number of benzene rings is 2. The average molecular weight is 416 g/mol. The van der Waals surface area contributed by atoms with Gasteiger partial charge in [0.1, 0.15) is 0 Å². The topological polar surface area (TPSA) is 101 Å². The molecule has 4 rings (SSSR count). The van der Waals surface area contributed by atoms with E-state index < -0.39 is 0 Å². The molecule has 2 aromatic carbocycles. The number of rotatable bonds is 6. The van der Waals surface area contributed by atoms with Crippen molar-refractivity contribution in [1.29, 1.82) is 0 Å². The largest absolute Gasteiger partial charge is 0.350 e. The van der Waals surface area contributed by atoms with Crippen molar-refractivity contribution >= 4 is 16.8 Å². The van der Waals surface area contributed by atoms with Crippen LogP contribution in [0.3, 0.4) is 0 Å². The molecule has 7 nitrogen and oxygen atoms in total. The van der Waals surface area contributed by atoms with Gasteiger partial charge in [-0.1, -0.05) is 47.1 Å². The Morgan fingerprint density at radius 1 is 1.10 bits per heavy atom.